The zero-order chi connectivity index (χ0) is 13.8. The minimum absolute atomic E-state index is 0.0150. The Morgan fingerprint density at radius 2 is 2.11 bits per heavy atom. The number of carboxylic acid groups (broad SMARTS) is 1. The lowest BCUT2D eigenvalue weighted by molar-refractivity contribution is -0.137. The summed E-state index contributed by atoms with van der Waals surface area (Å²) >= 11 is 5.90. The first-order valence-corrected chi connectivity index (χ1v) is 5.62. The zero-order valence-corrected chi connectivity index (χ0v) is 10.3. The van der Waals surface area contributed by atoms with Crippen LogP contribution in [-0.2, 0) is 11.3 Å². The molecule has 0 aliphatic heterocycles. The van der Waals surface area contributed by atoms with Gasteiger partial charge in [0, 0.05) is 0 Å². The Morgan fingerprint density at radius 1 is 1.37 bits per heavy atom. The van der Waals surface area contributed by atoms with E-state index in [9.17, 15) is 9.59 Å². The van der Waals surface area contributed by atoms with Crippen molar-refractivity contribution in [2.24, 2.45) is 0 Å². The van der Waals surface area contributed by atoms with Crippen molar-refractivity contribution in [3.63, 3.8) is 0 Å². The molecule has 0 spiro atoms. The molecule has 0 fully saturated rings. The summed E-state index contributed by atoms with van der Waals surface area (Å²) in [6.45, 7) is -0.355. The highest BCUT2D eigenvalue weighted by molar-refractivity contribution is 6.33. The third-order valence-corrected chi connectivity index (χ3v) is 2.52. The van der Waals surface area contributed by atoms with Crippen LogP contribution >= 0.6 is 11.6 Å². The quantitative estimate of drug-likeness (QED) is 0.879. The first kappa shape index (κ1) is 13.0. The molecule has 0 aliphatic rings. The van der Waals surface area contributed by atoms with E-state index in [0.29, 0.717) is 10.7 Å². The van der Waals surface area contributed by atoms with Crippen molar-refractivity contribution in [1.82, 2.24) is 15.0 Å². The highest BCUT2D eigenvalue weighted by Gasteiger charge is 2.13. The van der Waals surface area contributed by atoms with E-state index in [2.05, 4.69) is 15.6 Å². The van der Waals surface area contributed by atoms with Crippen LogP contribution < -0.4 is 5.32 Å². The molecule has 0 aliphatic carbocycles. The van der Waals surface area contributed by atoms with E-state index in [0.717, 1.165) is 4.68 Å². The third kappa shape index (κ3) is 3.29. The number of aromatic nitrogens is 3. The molecule has 1 aromatic carbocycles. The number of carbonyl (C=O) groups excluding carboxylic acids is 1. The largest absolute Gasteiger partial charge is 0.480 e. The van der Waals surface area contributed by atoms with Crippen molar-refractivity contribution < 1.29 is 14.7 Å². The molecule has 0 bridgehead atoms. The molecule has 1 aromatic heterocycles. The molecule has 1 amide bonds. The summed E-state index contributed by atoms with van der Waals surface area (Å²) in [5, 5.41) is 18.7. The van der Waals surface area contributed by atoms with E-state index in [4.69, 9.17) is 16.7 Å². The lowest BCUT2D eigenvalue weighted by Crippen LogP contribution is -2.13. The van der Waals surface area contributed by atoms with Gasteiger partial charge in [-0.3, -0.25) is 9.59 Å². The van der Waals surface area contributed by atoms with E-state index in [1.165, 1.54) is 6.20 Å². The standard InChI is InChI=1S/C11H9ClN4O3/c12-7-3-1-2-4-8(7)13-11(19)9-5-16(15-14-9)6-10(17)18/h1-5H,6H2,(H,13,19)(H,17,18). The fourth-order valence-corrected chi connectivity index (χ4v) is 1.55. The Morgan fingerprint density at radius 3 is 2.79 bits per heavy atom. The third-order valence-electron chi connectivity index (χ3n) is 2.19. The highest BCUT2D eigenvalue weighted by atomic mass is 35.5. The smallest absolute Gasteiger partial charge is 0.325 e. The fraction of sp³-hybridized carbons (Fsp3) is 0.0909. The van der Waals surface area contributed by atoms with Crippen molar-refractivity contribution in [1.29, 1.82) is 0 Å². The van der Waals surface area contributed by atoms with Crippen molar-refractivity contribution in [2.75, 3.05) is 5.32 Å². The molecule has 0 saturated carbocycles. The van der Waals surface area contributed by atoms with Gasteiger partial charge in [-0.2, -0.15) is 0 Å². The molecule has 0 unspecified atom stereocenters. The van der Waals surface area contributed by atoms with E-state index in [1.807, 2.05) is 0 Å². The maximum Gasteiger partial charge on any atom is 0.325 e. The minimum atomic E-state index is -1.07. The van der Waals surface area contributed by atoms with Gasteiger partial charge in [-0.1, -0.05) is 28.9 Å². The second kappa shape index (κ2) is 5.49. The van der Waals surface area contributed by atoms with Crippen LogP contribution in [0, 0.1) is 0 Å². The van der Waals surface area contributed by atoms with Gasteiger partial charge in [-0.25, -0.2) is 4.68 Å². The van der Waals surface area contributed by atoms with Crippen LogP contribution in [-0.4, -0.2) is 32.0 Å². The molecule has 0 radical (unpaired) electrons. The number of carbonyl (C=O) groups is 2. The summed E-state index contributed by atoms with van der Waals surface area (Å²) in [6, 6.07) is 6.74. The van der Waals surface area contributed by atoms with Crippen LogP contribution in [0.1, 0.15) is 10.5 Å². The maximum absolute atomic E-state index is 11.8. The summed E-state index contributed by atoms with van der Waals surface area (Å²) in [5.41, 5.74) is 0.461. The number of nitrogens with zero attached hydrogens (tertiary/aromatic N) is 3. The molecule has 0 atom stereocenters. The van der Waals surface area contributed by atoms with Crippen molar-refractivity contribution in [3.05, 3.63) is 41.2 Å². The van der Waals surface area contributed by atoms with Crippen LogP contribution in [0.15, 0.2) is 30.5 Å². The van der Waals surface area contributed by atoms with E-state index < -0.39 is 11.9 Å². The van der Waals surface area contributed by atoms with Gasteiger partial charge < -0.3 is 10.4 Å². The number of halogens is 1. The fourth-order valence-electron chi connectivity index (χ4n) is 1.37. The number of nitrogens with one attached hydrogen (secondary N) is 1. The summed E-state index contributed by atoms with van der Waals surface area (Å²) in [6.07, 6.45) is 1.25. The molecule has 8 heteroatoms. The van der Waals surface area contributed by atoms with Gasteiger partial charge in [0.05, 0.1) is 16.9 Å². The predicted molar refractivity (Wildman–Crippen MR) is 67.1 cm³/mol. The first-order valence-electron chi connectivity index (χ1n) is 5.24. The van der Waals surface area contributed by atoms with Gasteiger partial charge in [0.25, 0.3) is 5.91 Å². The molecule has 7 nitrogen and oxygen atoms in total. The number of hydrogen-bond donors (Lipinski definition) is 2. The number of rotatable bonds is 4. The van der Waals surface area contributed by atoms with Gasteiger partial charge in [0.15, 0.2) is 5.69 Å². The summed E-state index contributed by atoms with van der Waals surface area (Å²) in [5.74, 6) is -1.58. The molecule has 0 saturated heterocycles. The molecule has 19 heavy (non-hydrogen) atoms. The van der Waals surface area contributed by atoms with Crippen molar-refractivity contribution in [3.8, 4) is 0 Å². The van der Waals surface area contributed by atoms with Crippen molar-refractivity contribution >= 4 is 29.2 Å². The monoisotopic (exact) mass is 280 g/mol. The number of amides is 1. The van der Waals surface area contributed by atoms with Gasteiger partial charge in [0.1, 0.15) is 6.54 Å². The molecular formula is C11H9ClN4O3. The lowest BCUT2D eigenvalue weighted by Gasteiger charge is -2.04. The number of hydrogen-bond acceptors (Lipinski definition) is 4. The van der Waals surface area contributed by atoms with Gasteiger partial charge in [0.2, 0.25) is 0 Å². The van der Waals surface area contributed by atoms with Crippen LogP contribution in [0.4, 0.5) is 5.69 Å². The zero-order valence-electron chi connectivity index (χ0n) is 9.58. The summed E-state index contributed by atoms with van der Waals surface area (Å²) < 4.78 is 1.06. The topological polar surface area (TPSA) is 97.1 Å². The lowest BCUT2D eigenvalue weighted by atomic mass is 10.3. The second-order valence-corrected chi connectivity index (χ2v) is 4.04. The Bertz CT molecular complexity index is 626. The Balaban J connectivity index is 2.10. The van der Waals surface area contributed by atoms with Gasteiger partial charge in [-0.15, -0.1) is 5.10 Å². The van der Waals surface area contributed by atoms with Crippen LogP contribution in [0.5, 0.6) is 0 Å². The SMILES string of the molecule is O=C(O)Cn1cc(C(=O)Nc2ccccc2Cl)nn1. The van der Waals surface area contributed by atoms with Crippen LogP contribution in [0.2, 0.25) is 5.02 Å². The van der Waals surface area contributed by atoms with Gasteiger partial charge >= 0.3 is 5.97 Å². The van der Waals surface area contributed by atoms with E-state index >= 15 is 0 Å². The minimum Gasteiger partial charge on any atom is -0.480 e. The van der Waals surface area contributed by atoms with E-state index in [1.54, 1.807) is 24.3 Å². The van der Waals surface area contributed by atoms with Gasteiger partial charge in [-0.05, 0) is 12.1 Å². The molecule has 2 aromatic rings. The molecular weight excluding hydrogens is 272 g/mol. The maximum atomic E-state index is 11.8. The average Bonchev–Trinajstić information content (AvgIpc) is 2.79. The Labute approximate surface area is 112 Å². The van der Waals surface area contributed by atoms with Crippen LogP contribution in [0.3, 0.4) is 0 Å². The average molecular weight is 281 g/mol. The highest BCUT2D eigenvalue weighted by Crippen LogP contribution is 2.20. The molecule has 1 heterocycles. The second-order valence-electron chi connectivity index (χ2n) is 3.63. The first-order chi connectivity index (χ1) is 9.06. The number of carboxylic acids is 1. The normalized spacial score (nSPS) is 10.2. The number of anilines is 1. The van der Waals surface area contributed by atoms with E-state index in [-0.39, 0.29) is 12.2 Å². The number of para-hydroxylation sites is 1. The van der Waals surface area contributed by atoms with Crippen molar-refractivity contribution in [2.45, 2.75) is 6.54 Å². The number of benzene rings is 1. The Hall–Kier alpha value is -2.41. The molecule has 2 rings (SSSR count). The Kier molecular flexibility index (Phi) is 3.76. The summed E-state index contributed by atoms with van der Waals surface area (Å²) in [4.78, 5) is 22.3. The molecule has 98 valence electrons. The summed E-state index contributed by atoms with van der Waals surface area (Å²) in [7, 11) is 0. The number of aliphatic carboxylic acids is 1. The molecule has 2 N–H and O–H groups in total. The van der Waals surface area contributed by atoms with Crippen LogP contribution in [0.25, 0.3) is 0 Å². The predicted octanol–water partition coefficient (Wildman–Crippen LogP) is 1.27.